The minimum Gasteiger partial charge on any atom is -0.506 e. The summed E-state index contributed by atoms with van der Waals surface area (Å²) >= 11 is 2.99. The Morgan fingerprint density at radius 3 is 2.90 bits per heavy atom. The quantitative estimate of drug-likeness (QED) is 0.341. The predicted molar refractivity (Wildman–Crippen MR) is 83.1 cm³/mol. The van der Waals surface area contributed by atoms with Gasteiger partial charge in [-0.25, -0.2) is 0 Å². The predicted octanol–water partition coefficient (Wildman–Crippen LogP) is 1.46. The average molecular weight is 406 g/mol. The number of rotatable bonds is 3. The molecule has 1 heterocycles. The Bertz CT molecular complexity index is 646. The zero-order valence-electron chi connectivity index (χ0n) is 9.74. The van der Waals surface area contributed by atoms with Crippen molar-refractivity contribution in [1.82, 2.24) is 5.32 Å². The van der Waals surface area contributed by atoms with Gasteiger partial charge in [0.2, 0.25) is 5.91 Å². The first-order valence-electron chi connectivity index (χ1n) is 5.18. The Kier molecular flexibility index (Phi) is 4.54. The lowest BCUT2D eigenvalue weighted by Gasteiger charge is -2.01. The molecule has 1 aliphatic heterocycles. The third kappa shape index (κ3) is 3.45. The van der Waals surface area contributed by atoms with Gasteiger partial charge in [0.15, 0.2) is 5.17 Å². The summed E-state index contributed by atoms with van der Waals surface area (Å²) in [7, 11) is 0. The SMILES string of the molecule is O=C1CSC(=NN=Cc2cc([N+](=O)[O-])cc(I)c2O)N1. The van der Waals surface area contributed by atoms with Gasteiger partial charge in [-0.05, 0) is 22.6 Å². The minimum atomic E-state index is -0.558. The highest BCUT2D eigenvalue weighted by atomic mass is 127. The van der Waals surface area contributed by atoms with Gasteiger partial charge in [-0.3, -0.25) is 14.9 Å². The van der Waals surface area contributed by atoms with Crippen LogP contribution in [0.2, 0.25) is 0 Å². The van der Waals surface area contributed by atoms with Crippen LogP contribution in [0.1, 0.15) is 5.56 Å². The van der Waals surface area contributed by atoms with E-state index in [2.05, 4.69) is 15.5 Å². The van der Waals surface area contributed by atoms with Crippen LogP contribution in [0.4, 0.5) is 5.69 Å². The van der Waals surface area contributed by atoms with E-state index in [9.17, 15) is 20.0 Å². The monoisotopic (exact) mass is 406 g/mol. The van der Waals surface area contributed by atoms with Crippen LogP contribution in [0.3, 0.4) is 0 Å². The number of hydrogen-bond acceptors (Lipinski definition) is 7. The molecule has 0 unspecified atom stereocenters. The van der Waals surface area contributed by atoms with Crippen LogP contribution < -0.4 is 5.32 Å². The topological polar surface area (TPSA) is 117 Å². The van der Waals surface area contributed by atoms with Crippen LogP contribution in [0.15, 0.2) is 22.3 Å². The molecule has 10 heteroatoms. The average Bonchev–Trinajstić information content (AvgIpc) is 2.80. The Morgan fingerprint density at radius 2 is 2.30 bits per heavy atom. The minimum absolute atomic E-state index is 0.108. The Hall–Kier alpha value is -1.69. The van der Waals surface area contributed by atoms with Gasteiger partial charge in [-0.2, -0.15) is 5.10 Å². The molecule has 1 saturated heterocycles. The molecule has 20 heavy (non-hydrogen) atoms. The van der Waals surface area contributed by atoms with Crippen LogP contribution in [-0.2, 0) is 4.79 Å². The van der Waals surface area contributed by atoms with Crippen LogP contribution in [0.25, 0.3) is 0 Å². The van der Waals surface area contributed by atoms with Crippen LogP contribution in [0.5, 0.6) is 5.75 Å². The standard InChI is InChI=1S/C10H7IN4O4S/c11-7-2-6(15(18)19)1-5(9(7)17)3-12-14-10-13-8(16)4-20-10/h1-3,17H,4H2,(H,13,14,16). The summed E-state index contributed by atoms with van der Waals surface area (Å²) in [6.45, 7) is 0. The first-order valence-corrected chi connectivity index (χ1v) is 7.24. The normalized spacial score (nSPS) is 16.9. The zero-order valence-corrected chi connectivity index (χ0v) is 12.7. The summed E-state index contributed by atoms with van der Waals surface area (Å²) in [4.78, 5) is 21.1. The maximum Gasteiger partial charge on any atom is 0.271 e. The third-order valence-corrected chi connectivity index (χ3v) is 3.91. The fraction of sp³-hybridized carbons (Fsp3) is 0.100. The molecule has 0 aliphatic carbocycles. The largest absolute Gasteiger partial charge is 0.506 e. The van der Waals surface area contributed by atoms with E-state index in [4.69, 9.17) is 0 Å². The first-order chi connectivity index (χ1) is 9.47. The van der Waals surface area contributed by atoms with E-state index in [0.717, 1.165) is 0 Å². The van der Waals surface area contributed by atoms with Crippen LogP contribution in [0, 0.1) is 13.7 Å². The number of amides is 1. The molecule has 1 fully saturated rings. The van der Waals surface area contributed by atoms with Gasteiger partial charge in [0, 0.05) is 17.7 Å². The Morgan fingerprint density at radius 1 is 1.55 bits per heavy atom. The fourth-order valence-corrected chi connectivity index (χ4v) is 2.59. The van der Waals surface area contributed by atoms with E-state index in [1.807, 2.05) is 0 Å². The molecule has 8 nitrogen and oxygen atoms in total. The van der Waals surface area contributed by atoms with E-state index in [-0.39, 0.29) is 28.7 Å². The molecular weight excluding hydrogens is 399 g/mol. The second-order valence-electron chi connectivity index (χ2n) is 3.61. The molecule has 1 aliphatic rings. The smallest absolute Gasteiger partial charge is 0.271 e. The van der Waals surface area contributed by atoms with Crippen molar-refractivity contribution >= 4 is 57.3 Å². The number of non-ortho nitro benzene ring substituents is 1. The fourth-order valence-electron chi connectivity index (χ4n) is 1.33. The molecule has 1 amide bonds. The van der Waals surface area contributed by atoms with Crippen LogP contribution in [-0.4, -0.2) is 33.1 Å². The third-order valence-electron chi connectivity index (χ3n) is 2.22. The molecule has 2 rings (SSSR count). The highest BCUT2D eigenvalue weighted by Gasteiger charge is 2.16. The maximum absolute atomic E-state index is 10.9. The molecule has 0 atom stereocenters. The molecule has 1 aromatic rings. The number of hydrogen-bond donors (Lipinski definition) is 2. The summed E-state index contributed by atoms with van der Waals surface area (Å²) < 4.78 is 0.342. The van der Waals surface area contributed by atoms with Crippen molar-refractivity contribution in [2.24, 2.45) is 10.2 Å². The summed E-state index contributed by atoms with van der Waals surface area (Å²) in [5.41, 5.74) is 0.0344. The number of nitrogens with one attached hydrogen (secondary N) is 1. The lowest BCUT2D eigenvalue weighted by atomic mass is 10.2. The van der Waals surface area contributed by atoms with Gasteiger partial charge in [-0.1, -0.05) is 11.8 Å². The summed E-state index contributed by atoms with van der Waals surface area (Å²) in [6.07, 6.45) is 1.20. The second kappa shape index (κ2) is 6.17. The number of carbonyl (C=O) groups excluding carboxylic acids is 1. The molecule has 0 spiro atoms. The van der Waals surface area contributed by atoms with Crippen LogP contribution >= 0.6 is 34.4 Å². The number of carbonyl (C=O) groups is 1. The molecule has 104 valence electrons. The maximum atomic E-state index is 10.9. The Balaban J connectivity index is 2.24. The highest BCUT2D eigenvalue weighted by molar-refractivity contribution is 14.1. The number of benzene rings is 1. The van der Waals surface area contributed by atoms with Crippen molar-refractivity contribution in [3.8, 4) is 5.75 Å². The number of phenolic OH excluding ortho intramolecular Hbond substituents is 1. The first kappa shape index (κ1) is 14.7. The zero-order chi connectivity index (χ0) is 14.7. The second-order valence-corrected chi connectivity index (χ2v) is 5.74. The summed E-state index contributed by atoms with van der Waals surface area (Å²) in [6, 6.07) is 2.45. The molecule has 0 saturated carbocycles. The molecular formula is C10H7IN4O4S. The van der Waals surface area contributed by atoms with Gasteiger partial charge < -0.3 is 10.4 Å². The van der Waals surface area contributed by atoms with Crippen molar-refractivity contribution in [3.63, 3.8) is 0 Å². The van der Waals surface area contributed by atoms with Gasteiger partial charge in [0.05, 0.1) is 20.5 Å². The molecule has 0 radical (unpaired) electrons. The number of halogens is 1. The molecule has 1 aromatic carbocycles. The number of nitrogens with zero attached hydrogens (tertiary/aromatic N) is 3. The summed E-state index contributed by atoms with van der Waals surface area (Å²) in [5.74, 6) is 0.0221. The molecule has 0 aromatic heterocycles. The van der Waals surface area contributed by atoms with Crippen molar-refractivity contribution in [1.29, 1.82) is 0 Å². The van der Waals surface area contributed by atoms with Crippen molar-refractivity contribution < 1.29 is 14.8 Å². The lowest BCUT2D eigenvalue weighted by Crippen LogP contribution is -2.19. The summed E-state index contributed by atoms with van der Waals surface area (Å²) in [5, 5.41) is 30.8. The number of amidine groups is 1. The van der Waals surface area contributed by atoms with Gasteiger partial charge >= 0.3 is 0 Å². The Labute approximate surface area is 130 Å². The number of phenols is 1. The van der Waals surface area contributed by atoms with Gasteiger partial charge in [0.25, 0.3) is 5.69 Å². The van der Waals surface area contributed by atoms with Crippen molar-refractivity contribution in [3.05, 3.63) is 31.4 Å². The van der Waals surface area contributed by atoms with Gasteiger partial charge in [0.1, 0.15) is 5.75 Å². The van der Waals surface area contributed by atoms with E-state index in [0.29, 0.717) is 8.74 Å². The van der Waals surface area contributed by atoms with E-state index in [1.165, 1.54) is 30.1 Å². The number of nitro groups is 1. The lowest BCUT2D eigenvalue weighted by molar-refractivity contribution is -0.385. The number of thioether (sulfide) groups is 1. The van der Waals surface area contributed by atoms with E-state index >= 15 is 0 Å². The van der Waals surface area contributed by atoms with E-state index < -0.39 is 4.92 Å². The van der Waals surface area contributed by atoms with Gasteiger partial charge in [-0.15, -0.1) is 5.10 Å². The number of nitro benzene ring substituents is 1. The van der Waals surface area contributed by atoms with E-state index in [1.54, 1.807) is 22.6 Å². The number of aromatic hydroxyl groups is 1. The highest BCUT2D eigenvalue weighted by Crippen LogP contribution is 2.28. The molecule has 2 N–H and O–H groups in total. The van der Waals surface area contributed by atoms with Crippen molar-refractivity contribution in [2.45, 2.75) is 0 Å². The van der Waals surface area contributed by atoms with Crippen molar-refractivity contribution in [2.75, 3.05) is 5.75 Å². The molecule has 0 bridgehead atoms.